The first-order valence-corrected chi connectivity index (χ1v) is 7.90. The number of para-hydroxylation sites is 1. The van der Waals surface area contributed by atoms with Gasteiger partial charge in [0.15, 0.2) is 0 Å². The van der Waals surface area contributed by atoms with Crippen LogP contribution >= 0.6 is 0 Å². The van der Waals surface area contributed by atoms with E-state index in [1.807, 2.05) is 54.6 Å². The smallest absolute Gasteiger partial charge is 0.298 e. The van der Waals surface area contributed by atoms with Crippen molar-refractivity contribution in [3.05, 3.63) is 65.9 Å². The Morgan fingerprint density at radius 3 is 2.54 bits per heavy atom. The zero-order chi connectivity index (χ0) is 18.1. The van der Waals surface area contributed by atoms with Gasteiger partial charge in [0, 0.05) is 0 Å². The summed E-state index contributed by atoms with van der Waals surface area (Å²) in [5.74, 6) is 6.66. The monoisotopic (exact) mass is 348 g/mol. The molecule has 0 atom stereocenters. The molecular weight excluding hydrogens is 332 g/mol. The average molecular weight is 348 g/mol. The number of carbonyl (C=O) groups excluding carboxylic acids is 1. The van der Waals surface area contributed by atoms with E-state index < -0.39 is 0 Å². The van der Waals surface area contributed by atoms with Gasteiger partial charge in [0.25, 0.3) is 5.91 Å². The molecule has 2 aliphatic heterocycles. The normalized spacial score (nSPS) is 19.0. The van der Waals surface area contributed by atoms with E-state index in [9.17, 15) is 4.79 Å². The molecule has 2 aliphatic rings. The molecule has 0 unspecified atom stereocenters. The molecule has 0 aromatic heterocycles. The molecule has 26 heavy (non-hydrogen) atoms. The standard InChI is InChI=1S/C18H16N6O2/c1-26-14-9-7-12(8-10-14)11-15-16(25)24-18(20-15)23(17(21-19)22-24)13-5-3-2-4-6-13/h2-11H,19H2,1H3,(H,21,22)/b15-11-. The number of nitrogens with one attached hydrogen (secondary N) is 1. The third-order valence-electron chi connectivity index (χ3n) is 4.02. The molecule has 2 aromatic rings. The fourth-order valence-electron chi connectivity index (χ4n) is 2.76. The van der Waals surface area contributed by atoms with Crippen LogP contribution in [0.5, 0.6) is 5.75 Å². The van der Waals surface area contributed by atoms with Gasteiger partial charge in [-0.15, -0.1) is 5.10 Å². The Kier molecular flexibility index (Phi) is 3.77. The van der Waals surface area contributed by atoms with E-state index in [2.05, 4.69) is 15.5 Å². The summed E-state index contributed by atoms with van der Waals surface area (Å²) in [6, 6.07) is 16.8. The SMILES string of the molecule is COc1ccc(/C=C2\N=C3N(N/C(=N\N)N3c3ccccc3)C2=O)cc1. The molecule has 130 valence electrons. The maximum Gasteiger partial charge on any atom is 0.298 e. The van der Waals surface area contributed by atoms with Crippen molar-refractivity contribution in [1.29, 1.82) is 0 Å². The molecule has 1 amide bonds. The van der Waals surface area contributed by atoms with Crippen molar-refractivity contribution in [1.82, 2.24) is 10.4 Å². The Morgan fingerprint density at radius 2 is 1.88 bits per heavy atom. The van der Waals surface area contributed by atoms with Gasteiger partial charge in [0.2, 0.25) is 11.9 Å². The van der Waals surface area contributed by atoms with Gasteiger partial charge < -0.3 is 10.6 Å². The van der Waals surface area contributed by atoms with Crippen molar-refractivity contribution in [2.24, 2.45) is 15.9 Å². The zero-order valence-corrected chi connectivity index (χ0v) is 14.0. The van der Waals surface area contributed by atoms with Crippen molar-refractivity contribution in [3.63, 3.8) is 0 Å². The zero-order valence-electron chi connectivity index (χ0n) is 14.0. The second kappa shape index (κ2) is 6.25. The number of benzene rings is 2. The van der Waals surface area contributed by atoms with Crippen molar-refractivity contribution in [2.75, 3.05) is 12.0 Å². The van der Waals surface area contributed by atoms with Crippen LogP contribution in [0.1, 0.15) is 5.56 Å². The number of anilines is 1. The van der Waals surface area contributed by atoms with Gasteiger partial charge >= 0.3 is 0 Å². The van der Waals surface area contributed by atoms with Crippen LogP contribution in [0.3, 0.4) is 0 Å². The number of aliphatic imine (C=N–C) groups is 1. The number of ether oxygens (including phenoxy) is 1. The number of nitrogens with zero attached hydrogens (tertiary/aromatic N) is 4. The van der Waals surface area contributed by atoms with Gasteiger partial charge in [-0.3, -0.25) is 10.2 Å². The molecule has 8 nitrogen and oxygen atoms in total. The number of amides is 1. The Bertz CT molecular complexity index is 934. The largest absolute Gasteiger partial charge is 0.497 e. The number of fused-ring (bicyclic) bond motifs is 1. The topological polar surface area (TPSA) is 95.5 Å². The van der Waals surface area contributed by atoms with Gasteiger partial charge in [-0.1, -0.05) is 30.3 Å². The molecule has 8 heteroatoms. The quantitative estimate of drug-likeness (QED) is 0.498. The van der Waals surface area contributed by atoms with Crippen molar-refractivity contribution in [3.8, 4) is 5.75 Å². The number of hydrogen-bond donors (Lipinski definition) is 2. The highest BCUT2D eigenvalue weighted by Crippen LogP contribution is 2.27. The van der Waals surface area contributed by atoms with E-state index in [1.54, 1.807) is 18.1 Å². The maximum absolute atomic E-state index is 12.7. The number of nitrogens with two attached hydrogens (primary N) is 1. The first-order valence-electron chi connectivity index (χ1n) is 7.90. The summed E-state index contributed by atoms with van der Waals surface area (Å²) in [6.45, 7) is 0. The Balaban J connectivity index is 1.72. The van der Waals surface area contributed by atoms with Gasteiger partial charge in [-0.2, -0.15) is 5.01 Å². The lowest BCUT2D eigenvalue weighted by atomic mass is 10.2. The lowest BCUT2D eigenvalue weighted by Gasteiger charge is -2.14. The average Bonchev–Trinajstić information content (AvgIpc) is 3.19. The Morgan fingerprint density at radius 1 is 1.15 bits per heavy atom. The number of hydrazine groups is 1. The summed E-state index contributed by atoms with van der Waals surface area (Å²) in [7, 11) is 1.61. The van der Waals surface area contributed by atoms with Gasteiger partial charge in [0.1, 0.15) is 11.4 Å². The van der Waals surface area contributed by atoms with Crippen LogP contribution in [-0.4, -0.2) is 29.9 Å². The first-order chi connectivity index (χ1) is 12.7. The molecule has 3 N–H and O–H groups in total. The van der Waals surface area contributed by atoms with Crippen LogP contribution in [0.15, 0.2) is 70.4 Å². The molecule has 0 saturated carbocycles. The number of rotatable bonds is 3. The Labute approximate surface area is 149 Å². The molecule has 0 aliphatic carbocycles. The number of hydrazone groups is 1. The molecule has 0 radical (unpaired) electrons. The maximum atomic E-state index is 12.7. The Hall–Kier alpha value is -3.81. The molecule has 1 saturated heterocycles. The molecule has 1 fully saturated rings. The predicted octanol–water partition coefficient (Wildman–Crippen LogP) is 1.49. The number of methoxy groups -OCH3 is 1. The highest BCUT2D eigenvalue weighted by Gasteiger charge is 2.43. The number of hydrogen-bond acceptors (Lipinski definition) is 5. The third-order valence-corrected chi connectivity index (χ3v) is 4.02. The highest BCUT2D eigenvalue weighted by atomic mass is 16.5. The minimum absolute atomic E-state index is 0.282. The molecule has 2 heterocycles. The van der Waals surface area contributed by atoms with Crippen molar-refractivity contribution >= 4 is 29.6 Å². The molecule has 2 aromatic carbocycles. The van der Waals surface area contributed by atoms with Gasteiger partial charge in [0.05, 0.1) is 12.8 Å². The van der Waals surface area contributed by atoms with E-state index in [0.29, 0.717) is 17.6 Å². The lowest BCUT2D eigenvalue weighted by molar-refractivity contribution is -0.123. The summed E-state index contributed by atoms with van der Waals surface area (Å²) >= 11 is 0. The van der Waals surface area contributed by atoms with Crippen LogP contribution in [0.25, 0.3) is 6.08 Å². The van der Waals surface area contributed by atoms with Crippen LogP contribution < -0.4 is 20.9 Å². The molecule has 0 bridgehead atoms. The summed E-state index contributed by atoms with van der Waals surface area (Å²) < 4.78 is 5.14. The predicted molar refractivity (Wildman–Crippen MR) is 98.9 cm³/mol. The summed E-state index contributed by atoms with van der Waals surface area (Å²) in [5.41, 5.74) is 4.83. The minimum atomic E-state index is -0.282. The second-order valence-corrected chi connectivity index (χ2v) is 5.59. The van der Waals surface area contributed by atoms with E-state index in [1.165, 1.54) is 5.01 Å². The molecular formula is C18H16N6O2. The summed E-state index contributed by atoms with van der Waals surface area (Å²) in [4.78, 5) is 18.8. The fraction of sp³-hybridized carbons (Fsp3) is 0.0556. The lowest BCUT2D eigenvalue weighted by Crippen LogP contribution is -2.38. The van der Waals surface area contributed by atoms with Crippen LogP contribution in [-0.2, 0) is 4.79 Å². The van der Waals surface area contributed by atoms with E-state index >= 15 is 0 Å². The van der Waals surface area contributed by atoms with Crippen LogP contribution in [0.4, 0.5) is 5.69 Å². The summed E-state index contributed by atoms with van der Waals surface area (Å²) in [5, 5.41) is 5.04. The number of guanidine groups is 2. The minimum Gasteiger partial charge on any atom is -0.497 e. The van der Waals surface area contributed by atoms with Crippen LogP contribution in [0, 0.1) is 0 Å². The number of carbonyl (C=O) groups is 1. The first kappa shape index (κ1) is 15.7. The van der Waals surface area contributed by atoms with Crippen molar-refractivity contribution in [2.45, 2.75) is 0 Å². The van der Waals surface area contributed by atoms with E-state index in [4.69, 9.17) is 10.6 Å². The fourth-order valence-corrected chi connectivity index (χ4v) is 2.76. The third kappa shape index (κ3) is 2.53. The van der Waals surface area contributed by atoms with Gasteiger partial charge in [-0.25, -0.2) is 9.89 Å². The van der Waals surface area contributed by atoms with E-state index in [-0.39, 0.29) is 5.91 Å². The molecule has 0 spiro atoms. The van der Waals surface area contributed by atoms with Gasteiger partial charge in [-0.05, 0) is 35.9 Å². The van der Waals surface area contributed by atoms with Crippen LogP contribution in [0.2, 0.25) is 0 Å². The highest BCUT2D eigenvalue weighted by molar-refractivity contribution is 6.30. The summed E-state index contributed by atoms with van der Waals surface area (Å²) in [6.07, 6.45) is 1.72. The molecule has 4 rings (SSSR count). The second-order valence-electron chi connectivity index (χ2n) is 5.59. The van der Waals surface area contributed by atoms with E-state index in [0.717, 1.165) is 17.0 Å². The van der Waals surface area contributed by atoms with Crippen molar-refractivity contribution < 1.29 is 9.53 Å².